The SMILES string of the molecule is Cc1sc(NC(=O)NC2CCOCC2)nc1CC1CN(S(C)(=O)=O)CCN1c1nc(-c2ccc(F)cc2)no1. The smallest absolute Gasteiger partial charge is 0.324 e. The molecular formula is C24H30FN7O5S2. The molecule has 0 saturated carbocycles. The summed E-state index contributed by atoms with van der Waals surface area (Å²) in [5, 5.41) is 10.3. The van der Waals surface area contributed by atoms with E-state index in [0.717, 1.165) is 23.4 Å². The van der Waals surface area contributed by atoms with Crippen LogP contribution in [0.15, 0.2) is 28.8 Å². The summed E-state index contributed by atoms with van der Waals surface area (Å²) in [6.07, 6.45) is 3.11. The number of halogens is 1. The second kappa shape index (κ2) is 11.5. The van der Waals surface area contributed by atoms with Gasteiger partial charge < -0.3 is 19.5 Å². The molecule has 1 aromatic carbocycles. The van der Waals surface area contributed by atoms with Gasteiger partial charge in [-0.25, -0.2) is 22.6 Å². The average Bonchev–Trinajstić information content (AvgIpc) is 3.51. The van der Waals surface area contributed by atoms with Crippen molar-refractivity contribution in [2.24, 2.45) is 0 Å². The van der Waals surface area contributed by atoms with E-state index in [4.69, 9.17) is 9.26 Å². The number of nitrogens with one attached hydrogen (secondary N) is 2. The molecule has 2 aliphatic heterocycles. The molecule has 5 rings (SSSR count). The number of benzene rings is 1. The molecule has 2 aliphatic rings. The van der Waals surface area contributed by atoms with Gasteiger partial charge in [-0.2, -0.15) is 9.29 Å². The second-order valence-electron chi connectivity index (χ2n) is 9.59. The van der Waals surface area contributed by atoms with Crippen LogP contribution in [-0.4, -0.2) is 85.1 Å². The molecule has 15 heteroatoms. The lowest BCUT2D eigenvalue weighted by Crippen LogP contribution is -2.55. The van der Waals surface area contributed by atoms with Crippen LogP contribution in [0.5, 0.6) is 0 Å². The number of thiazole rings is 1. The van der Waals surface area contributed by atoms with E-state index in [1.807, 2.05) is 11.8 Å². The zero-order valence-electron chi connectivity index (χ0n) is 21.6. The van der Waals surface area contributed by atoms with Crippen molar-refractivity contribution in [2.45, 2.75) is 38.3 Å². The van der Waals surface area contributed by atoms with Crippen molar-refractivity contribution in [2.75, 3.05) is 49.3 Å². The number of carbonyl (C=O) groups excluding carboxylic acids is 1. The van der Waals surface area contributed by atoms with Crippen molar-refractivity contribution in [1.82, 2.24) is 24.7 Å². The monoisotopic (exact) mass is 579 g/mol. The number of aryl methyl sites for hydroxylation is 1. The van der Waals surface area contributed by atoms with Crippen LogP contribution in [0, 0.1) is 12.7 Å². The van der Waals surface area contributed by atoms with Gasteiger partial charge in [-0.3, -0.25) is 5.32 Å². The third-order valence-electron chi connectivity index (χ3n) is 6.78. The molecular weight excluding hydrogens is 549 g/mol. The van der Waals surface area contributed by atoms with E-state index < -0.39 is 10.0 Å². The maximum atomic E-state index is 13.3. The number of urea groups is 1. The predicted molar refractivity (Wildman–Crippen MR) is 144 cm³/mol. The Morgan fingerprint density at radius 1 is 1.18 bits per heavy atom. The third kappa shape index (κ3) is 6.72. The summed E-state index contributed by atoms with van der Waals surface area (Å²) in [5.74, 6) is -0.0610. The molecule has 2 N–H and O–H groups in total. The lowest BCUT2D eigenvalue weighted by molar-refractivity contribution is 0.0806. The number of carbonyl (C=O) groups is 1. The van der Waals surface area contributed by atoms with Crippen molar-refractivity contribution in [1.29, 1.82) is 0 Å². The molecule has 1 unspecified atom stereocenters. The van der Waals surface area contributed by atoms with E-state index in [-0.39, 0.29) is 43.0 Å². The van der Waals surface area contributed by atoms with Crippen LogP contribution >= 0.6 is 11.3 Å². The molecule has 210 valence electrons. The Labute approximate surface area is 229 Å². The van der Waals surface area contributed by atoms with E-state index >= 15 is 0 Å². The van der Waals surface area contributed by atoms with E-state index in [9.17, 15) is 17.6 Å². The van der Waals surface area contributed by atoms with Crippen molar-refractivity contribution in [3.8, 4) is 11.4 Å². The zero-order chi connectivity index (χ0) is 27.6. The second-order valence-corrected chi connectivity index (χ2v) is 12.8. The van der Waals surface area contributed by atoms with Crippen LogP contribution in [-0.2, 0) is 21.2 Å². The zero-order valence-corrected chi connectivity index (χ0v) is 23.2. The van der Waals surface area contributed by atoms with Crippen molar-refractivity contribution in [3.63, 3.8) is 0 Å². The first kappa shape index (κ1) is 27.4. The number of anilines is 2. The minimum atomic E-state index is -3.42. The fourth-order valence-electron chi connectivity index (χ4n) is 4.66. The number of hydrogen-bond donors (Lipinski definition) is 2. The minimum Gasteiger partial charge on any atom is -0.381 e. The highest BCUT2D eigenvalue weighted by Crippen LogP contribution is 2.29. The molecule has 2 saturated heterocycles. The Balaban J connectivity index is 1.32. The summed E-state index contributed by atoms with van der Waals surface area (Å²) in [6.45, 7) is 3.97. The Hall–Kier alpha value is -3.14. The van der Waals surface area contributed by atoms with Gasteiger partial charge in [-0.1, -0.05) is 5.16 Å². The van der Waals surface area contributed by atoms with E-state index in [0.29, 0.717) is 42.7 Å². The molecule has 2 aromatic heterocycles. The summed E-state index contributed by atoms with van der Waals surface area (Å²) >= 11 is 1.36. The first-order chi connectivity index (χ1) is 18.7. The highest BCUT2D eigenvalue weighted by molar-refractivity contribution is 7.88. The van der Waals surface area contributed by atoms with Crippen LogP contribution in [0.2, 0.25) is 0 Å². The number of sulfonamides is 1. The molecule has 1 atom stereocenters. The van der Waals surface area contributed by atoms with Gasteiger partial charge in [0.15, 0.2) is 5.13 Å². The number of aromatic nitrogens is 3. The van der Waals surface area contributed by atoms with Crippen LogP contribution in [0.4, 0.5) is 20.3 Å². The van der Waals surface area contributed by atoms with Gasteiger partial charge in [0.1, 0.15) is 5.82 Å². The highest BCUT2D eigenvalue weighted by atomic mass is 32.2. The highest BCUT2D eigenvalue weighted by Gasteiger charge is 2.35. The fraction of sp³-hybridized carbons (Fsp3) is 0.500. The Morgan fingerprint density at radius 3 is 2.64 bits per heavy atom. The molecule has 4 heterocycles. The fourth-order valence-corrected chi connectivity index (χ4v) is 6.35. The molecule has 0 bridgehead atoms. The first-order valence-electron chi connectivity index (χ1n) is 12.6. The van der Waals surface area contributed by atoms with Gasteiger partial charge >= 0.3 is 12.0 Å². The van der Waals surface area contributed by atoms with Gasteiger partial charge in [-0.15, -0.1) is 11.3 Å². The topological polar surface area (TPSA) is 143 Å². The maximum absolute atomic E-state index is 13.3. The van der Waals surface area contributed by atoms with Crippen LogP contribution < -0.4 is 15.5 Å². The summed E-state index contributed by atoms with van der Waals surface area (Å²) in [4.78, 5) is 24.4. The Bertz CT molecular complexity index is 1410. The van der Waals surface area contributed by atoms with Crippen LogP contribution in [0.3, 0.4) is 0 Å². The van der Waals surface area contributed by atoms with Gasteiger partial charge in [-0.05, 0) is 44.0 Å². The molecule has 0 radical (unpaired) electrons. The molecule has 2 amide bonds. The molecule has 3 aromatic rings. The van der Waals surface area contributed by atoms with Gasteiger partial charge in [0, 0.05) is 55.8 Å². The van der Waals surface area contributed by atoms with Crippen molar-refractivity contribution < 1.29 is 26.9 Å². The number of nitrogens with zero attached hydrogens (tertiary/aromatic N) is 5. The lowest BCUT2D eigenvalue weighted by atomic mass is 10.1. The average molecular weight is 580 g/mol. The van der Waals surface area contributed by atoms with Gasteiger partial charge in [0.2, 0.25) is 15.8 Å². The Morgan fingerprint density at radius 2 is 1.92 bits per heavy atom. The number of piperazine rings is 1. The summed E-state index contributed by atoms with van der Waals surface area (Å²) < 4.78 is 50.3. The number of hydrogen-bond acceptors (Lipinski definition) is 10. The van der Waals surface area contributed by atoms with Crippen LogP contribution in [0.25, 0.3) is 11.4 Å². The van der Waals surface area contributed by atoms with Gasteiger partial charge in [0.05, 0.1) is 18.0 Å². The van der Waals surface area contributed by atoms with E-state index in [2.05, 4.69) is 25.8 Å². The molecule has 12 nitrogen and oxygen atoms in total. The van der Waals surface area contributed by atoms with Crippen LogP contribution in [0.1, 0.15) is 23.4 Å². The quantitative estimate of drug-likeness (QED) is 0.432. The minimum absolute atomic E-state index is 0.0614. The van der Waals surface area contributed by atoms with Gasteiger partial charge in [0.25, 0.3) is 0 Å². The molecule has 2 fully saturated rings. The first-order valence-corrected chi connectivity index (χ1v) is 15.2. The summed E-state index contributed by atoms with van der Waals surface area (Å²) in [5.41, 5.74) is 1.34. The lowest BCUT2D eigenvalue weighted by Gasteiger charge is -2.39. The maximum Gasteiger partial charge on any atom is 0.324 e. The Kier molecular flexibility index (Phi) is 8.11. The predicted octanol–water partition coefficient (Wildman–Crippen LogP) is 2.63. The third-order valence-corrected chi connectivity index (χ3v) is 8.97. The largest absolute Gasteiger partial charge is 0.381 e. The number of amides is 2. The molecule has 0 aliphatic carbocycles. The van der Waals surface area contributed by atoms with E-state index in [1.54, 1.807) is 12.1 Å². The van der Waals surface area contributed by atoms with Crippen molar-refractivity contribution in [3.05, 3.63) is 40.7 Å². The normalized spacial score (nSPS) is 19.3. The van der Waals surface area contributed by atoms with E-state index in [1.165, 1.54) is 34.0 Å². The summed E-state index contributed by atoms with van der Waals surface area (Å²) in [6, 6.07) is 5.41. The molecule has 39 heavy (non-hydrogen) atoms. The summed E-state index contributed by atoms with van der Waals surface area (Å²) in [7, 11) is -3.42. The van der Waals surface area contributed by atoms with Crippen molar-refractivity contribution >= 4 is 38.5 Å². The number of rotatable bonds is 7. The standard InChI is InChI=1S/C24H30FN7O5S2/c1-15-20(27-23(38-15)29-22(33)26-18-7-11-36-12-8-18)13-19-14-31(39(2,34)35)9-10-32(19)24-28-21(30-37-24)16-3-5-17(25)6-4-16/h3-6,18-19H,7-14H2,1-2H3,(H2,26,27,29,33). The number of ether oxygens (including phenoxy) is 1. The molecule has 0 spiro atoms.